The van der Waals surface area contributed by atoms with Crippen molar-refractivity contribution in [1.82, 2.24) is 20.2 Å². The zero-order valence-corrected chi connectivity index (χ0v) is 11.9. The summed E-state index contributed by atoms with van der Waals surface area (Å²) in [6, 6.07) is 6.14. The van der Waals surface area contributed by atoms with E-state index in [1.807, 2.05) is 23.1 Å². The zero-order valence-electron chi connectivity index (χ0n) is 11.9. The number of aromatic nitrogens is 2. The molecule has 0 saturated carbocycles. The SMILES string of the molecule is CC(C)N(C(=O)c1ccc2nc[nH]c2c1)C1CCNC1. The summed E-state index contributed by atoms with van der Waals surface area (Å²) in [5.74, 6) is 0.102. The van der Waals surface area contributed by atoms with Crippen molar-refractivity contribution in [3.63, 3.8) is 0 Å². The number of benzene rings is 1. The minimum Gasteiger partial charge on any atom is -0.345 e. The quantitative estimate of drug-likeness (QED) is 0.895. The van der Waals surface area contributed by atoms with Crippen molar-refractivity contribution in [3.8, 4) is 0 Å². The molecule has 20 heavy (non-hydrogen) atoms. The summed E-state index contributed by atoms with van der Waals surface area (Å²) in [5, 5.41) is 3.33. The Bertz CT molecular complexity index is 613. The van der Waals surface area contributed by atoms with Gasteiger partial charge in [0.2, 0.25) is 0 Å². The van der Waals surface area contributed by atoms with Crippen LogP contribution >= 0.6 is 0 Å². The smallest absolute Gasteiger partial charge is 0.254 e. The first kappa shape index (κ1) is 13.1. The minimum absolute atomic E-state index is 0.102. The lowest BCUT2D eigenvalue weighted by Crippen LogP contribution is -2.45. The van der Waals surface area contributed by atoms with Crippen LogP contribution in [-0.2, 0) is 0 Å². The maximum absolute atomic E-state index is 12.8. The Morgan fingerprint density at radius 3 is 3.00 bits per heavy atom. The Hall–Kier alpha value is -1.88. The van der Waals surface area contributed by atoms with E-state index in [2.05, 4.69) is 29.1 Å². The molecule has 1 unspecified atom stereocenters. The molecule has 3 rings (SSSR count). The lowest BCUT2D eigenvalue weighted by molar-refractivity contribution is 0.0627. The van der Waals surface area contributed by atoms with Gasteiger partial charge in [-0.25, -0.2) is 4.98 Å². The number of nitrogens with zero attached hydrogens (tertiary/aromatic N) is 2. The van der Waals surface area contributed by atoms with E-state index in [9.17, 15) is 4.79 Å². The number of carbonyl (C=O) groups excluding carboxylic acids is 1. The molecule has 2 N–H and O–H groups in total. The van der Waals surface area contributed by atoms with E-state index in [4.69, 9.17) is 0 Å². The summed E-state index contributed by atoms with van der Waals surface area (Å²) in [6.07, 6.45) is 2.68. The molecule has 5 heteroatoms. The Morgan fingerprint density at radius 1 is 1.45 bits per heavy atom. The highest BCUT2D eigenvalue weighted by Crippen LogP contribution is 2.19. The van der Waals surface area contributed by atoms with Crippen LogP contribution in [0.4, 0.5) is 0 Å². The van der Waals surface area contributed by atoms with E-state index >= 15 is 0 Å². The fourth-order valence-electron chi connectivity index (χ4n) is 2.92. The molecule has 0 radical (unpaired) electrons. The van der Waals surface area contributed by atoms with E-state index in [1.54, 1.807) is 6.33 Å². The third kappa shape index (κ3) is 2.29. The van der Waals surface area contributed by atoms with Crippen LogP contribution in [0.15, 0.2) is 24.5 Å². The fraction of sp³-hybridized carbons (Fsp3) is 0.467. The minimum atomic E-state index is 0.102. The molecule has 106 valence electrons. The van der Waals surface area contributed by atoms with Crippen LogP contribution in [0.25, 0.3) is 11.0 Å². The van der Waals surface area contributed by atoms with Gasteiger partial charge in [-0.2, -0.15) is 0 Å². The number of fused-ring (bicyclic) bond motifs is 1. The van der Waals surface area contributed by atoms with Gasteiger partial charge >= 0.3 is 0 Å². The number of imidazole rings is 1. The number of hydrogen-bond donors (Lipinski definition) is 2. The normalized spacial score (nSPS) is 18.9. The zero-order chi connectivity index (χ0) is 14.1. The van der Waals surface area contributed by atoms with Crippen molar-refractivity contribution in [2.45, 2.75) is 32.4 Å². The van der Waals surface area contributed by atoms with Crippen LogP contribution in [0, 0.1) is 0 Å². The van der Waals surface area contributed by atoms with Crippen LogP contribution in [0.2, 0.25) is 0 Å². The summed E-state index contributed by atoms with van der Waals surface area (Å²) in [7, 11) is 0. The van der Waals surface area contributed by atoms with Gasteiger partial charge in [0.1, 0.15) is 0 Å². The monoisotopic (exact) mass is 272 g/mol. The highest BCUT2D eigenvalue weighted by Gasteiger charge is 2.29. The van der Waals surface area contributed by atoms with Gasteiger partial charge in [-0.15, -0.1) is 0 Å². The van der Waals surface area contributed by atoms with Gasteiger partial charge in [-0.1, -0.05) is 0 Å². The van der Waals surface area contributed by atoms with Crippen molar-refractivity contribution >= 4 is 16.9 Å². The lowest BCUT2D eigenvalue weighted by Gasteiger charge is -2.32. The highest BCUT2D eigenvalue weighted by molar-refractivity contribution is 5.97. The van der Waals surface area contributed by atoms with Crippen LogP contribution in [0.1, 0.15) is 30.6 Å². The van der Waals surface area contributed by atoms with Gasteiger partial charge in [0, 0.05) is 24.2 Å². The van der Waals surface area contributed by atoms with Gasteiger partial charge in [0.15, 0.2) is 0 Å². The van der Waals surface area contributed by atoms with Gasteiger partial charge < -0.3 is 15.2 Å². The van der Waals surface area contributed by atoms with Crippen molar-refractivity contribution in [3.05, 3.63) is 30.1 Å². The van der Waals surface area contributed by atoms with Gasteiger partial charge in [-0.3, -0.25) is 4.79 Å². The molecular weight excluding hydrogens is 252 g/mol. The molecule has 1 fully saturated rings. The standard InChI is InChI=1S/C15H20N4O/c1-10(2)19(12-5-6-16-8-12)15(20)11-3-4-13-14(7-11)18-9-17-13/h3-4,7,9-10,12,16H,5-6,8H2,1-2H3,(H,17,18). The predicted octanol–water partition coefficient (Wildman–Crippen LogP) is 1.78. The largest absolute Gasteiger partial charge is 0.345 e. The molecule has 0 spiro atoms. The molecule has 1 amide bonds. The molecule has 1 aliphatic rings. The van der Waals surface area contributed by atoms with Crippen molar-refractivity contribution in [2.24, 2.45) is 0 Å². The third-order valence-corrected chi connectivity index (χ3v) is 3.89. The van der Waals surface area contributed by atoms with Crippen LogP contribution in [-0.4, -0.2) is 45.9 Å². The molecule has 2 heterocycles. The van der Waals surface area contributed by atoms with E-state index in [1.165, 1.54) is 0 Å². The summed E-state index contributed by atoms with van der Waals surface area (Å²) >= 11 is 0. The first-order chi connectivity index (χ1) is 9.66. The second-order valence-electron chi connectivity index (χ2n) is 5.59. The number of nitrogens with one attached hydrogen (secondary N) is 2. The predicted molar refractivity (Wildman–Crippen MR) is 78.7 cm³/mol. The average molecular weight is 272 g/mol. The molecule has 1 aromatic heterocycles. The maximum atomic E-state index is 12.8. The molecule has 0 aliphatic carbocycles. The average Bonchev–Trinajstić information content (AvgIpc) is 3.08. The number of hydrogen-bond acceptors (Lipinski definition) is 3. The van der Waals surface area contributed by atoms with Crippen molar-refractivity contribution in [2.75, 3.05) is 13.1 Å². The molecular formula is C15H20N4O. The maximum Gasteiger partial charge on any atom is 0.254 e. The van der Waals surface area contributed by atoms with Gasteiger partial charge in [0.25, 0.3) is 5.91 Å². The molecule has 1 atom stereocenters. The molecule has 5 nitrogen and oxygen atoms in total. The van der Waals surface area contributed by atoms with E-state index < -0.39 is 0 Å². The Kier molecular flexibility index (Phi) is 3.44. The Morgan fingerprint density at radius 2 is 2.30 bits per heavy atom. The molecule has 1 saturated heterocycles. The number of rotatable bonds is 3. The molecule has 1 aromatic carbocycles. The summed E-state index contributed by atoms with van der Waals surface area (Å²) in [6.45, 7) is 6.02. The van der Waals surface area contributed by atoms with Crippen LogP contribution in [0.3, 0.4) is 0 Å². The Labute approximate surface area is 118 Å². The van der Waals surface area contributed by atoms with E-state index in [0.717, 1.165) is 36.1 Å². The fourth-order valence-corrected chi connectivity index (χ4v) is 2.92. The topological polar surface area (TPSA) is 61.0 Å². The van der Waals surface area contributed by atoms with E-state index in [0.29, 0.717) is 6.04 Å². The summed E-state index contributed by atoms with van der Waals surface area (Å²) < 4.78 is 0. The van der Waals surface area contributed by atoms with Crippen LogP contribution in [0.5, 0.6) is 0 Å². The number of aromatic amines is 1. The van der Waals surface area contributed by atoms with Crippen molar-refractivity contribution < 1.29 is 4.79 Å². The van der Waals surface area contributed by atoms with Crippen molar-refractivity contribution in [1.29, 1.82) is 0 Å². The molecule has 0 bridgehead atoms. The highest BCUT2D eigenvalue weighted by atomic mass is 16.2. The number of carbonyl (C=O) groups is 1. The second kappa shape index (κ2) is 5.25. The summed E-state index contributed by atoms with van der Waals surface area (Å²) in [4.78, 5) is 22.0. The number of H-pyrrole nitrogens is 1. The molecule has 2 aromatic rings. The van der Waals surface area contributed by atoms with Gasteiger partial charge in [0.05, 0.1) is 17.4 Å². The Balaban J connectivity index is 1.91. The first-order valence-electron chi connectivity index (χ1n) is 7.13. The number of amides is 1. The van der Waals surface area contributed by atoms with Crippen LogP contribution < -0.4 is 5.32 Å². The van der Waals surface area contributed by atoms with E-state index in [-0.39, 0.29) is 11.9 Å². The molecule has 1 aliphatic heterocycles. The first-order valence-corrected chi connectivity index (χ1v) is 7.13. The lowest BCUT2D eigenvalue weighted by atomic mass is 10.1. The second-order valence-corrected chi connectivity index (χ2v) is 5.59. The van der Waals surface area contributed by atoms with Gasteiger partial charge in [-0.05, 0) is 45.0 Å². The summed E-state index contributed by atoms with van der Waals surface area (Å²) in [5.41, 5.74) is 2.52. The third-order valence-electron chi connectivity index (χ3n) is 3.89.